The zero-order valence-corrected chi connectivity index (χ0v) is 18.4. The third kappa shape index (κ3) is 4.53. The molecule has 1 fully saturated rings. The lowest BCUT2D eigenvalue weighted by Crippen LogP contribution is -2.71. The molecule has 0 aromatic heterocycles. The van der Waals surface area contributed by atoms with Gasteiger partial charge in [0.25, 0.3) is 5.91 Å². The second kappa shape index (κ2) is 9.73. The first-order chi connectivity index (χ1) is 16.0. The van der Waals surface area contributed by atoms with Gasteiger partial charge in [0.2, 0.25) is 0 Å². The Kier molecular flexibility index (Phi) is 6.58. The van der Waals surface area contributed by atoms with Gasteiger partial charge in [0, 0.05) is 0 Å². The number of allylic oxidation sites excluding steroid dienone is 1. The van der Waals surface area contributed by atoms with E-state index in [-0.39, 0.29) is 24.3 Å². The van der Waals surface area contributed by atoms with Crippen molar-refractivity contribution in [1.82, 2.24) is 10.2 Å². The van der Waals surface area contributed by atoms with Crippen LogP contribution < -0.4 is 5.32 Å². The number of hydrogen-bond acceptors (Lipinski definition) is 5. The fourth-order valence-electron chi connectivity index (χ4n) is 4.29. The third-order valence-electron chi connectivity index (χ3n) is 5.91. The van der Waals surface area contributed by atoms with E-state index in [2.05, 4.69) is 11.9 Å². The molecule has 33 heavy (non-hydrogen) atoms. The maximum absolute atomic E-state index is 13.4. The van der Waals surface area contributed by atoms with Gasteiger partial charge < -0.3 is 14.8 Å². The quantitative estimate of drug-likeness (QED) is 0.396. The summed E-state index contributed by atoms with van der Waals surface area (Å²) in [6.45, 7) is 5.38. The standard InChI is InChI=1S/C26H26N2O5/c1-3-16-32-26(31)27-21-20-15-14-17(2)22(28(20)24(21)29)25(30)33-23(18-10-6-4-7-11-18)19-12-8-5-9-13-19/h3-13,20-21,23H,1,14-16H2,2H3,(H,27,31)/t20-,21-/m1/s1. The molecule has 0 spiro atoms. The van der Waals surface area contributed by atoms with Gasteiger partial charge in [-0.05, 0) is 36.5 Å². The van der Waals surface area contributed by atoms with E-state index in [9.17, 15) is 14.4 Å². The highest BCUT2D eigenvalue weighted by Gasteiger charge is 2.53. The number of esters is 1. The molecule has 2 aromatic carbocycles. The fourth-order valence-corrected chi connectivity index (χ4v) is 4.29. The van der Waals surface area contributed by atoms with Crippen molar-refractivity contribution in [3.63, 3.8) is 0 Å². The summed E-state index contributed by atoms with van der Waals surface area (Å²) in [4.78, 5) is 39.6. The summed E-state index contributed by atoms with van der Waals surface area (Å²) in [5, 5.41) is 2.59. The number of rotatable bonds is 7. The first kappa shape index (κ1) is 22.3. The van der Waals surface area contributed by atoms with Gasteiger partial charge in [0.05, 0.1) is 6.04 Å². The molecule has 0 bridgehead atoms. The van der Waals surface area contributed by atoms with Crippen LogP contribution in [0.4, 0.5) is 4.79 Å². The van der Waals surface area contributed by atoms with Gasteiger partial charge in [-0.15, -0.1) is 0 Å². The number of amides is 2. The summed E-state index contributed by atoms with van der Waals surface area (Å²) in [5.41, 5.74) is 2.71. The normalized spacial score (nSPS) is 19.5. The largest absolute Gasteiger partial charge is 0.448 e. The van der Waals surface area contributed by atoms with Crippen LogP contribution in [0.15, 0.2) is 84.6 Å². The topological polar surface area (TPSA) is 84.9 Å². The second-order valence-electron chi connectivity index (χ2n) is 8.06. The van der Waals surface area contributed by atoms with Gasteiger partial charge in [0.1, 0.15) is 18.3 Å². The highest BCUT2D eigenvalue weighted by molar-refractivity contribution is 6.02. The van der Waals surface area contributed by atoms with Crippen molar-refractivity contribution >= 4 is 18.0 Å². The lowest BCUT2D eigenvalue weighted by Gasteiger charge is -2.50. The van der Waals surface area contributed by atoms with Crippen LogP contribution in [0, 0.1) is 0 Å². The predicted molar refractivity (Wildman–Crippen MR) is 122 cm³/mol. The lowest BCUT2D eigenvalue weighted by atomic mass is 9.84. The Bertz CT molecular complexity index is 1040. The average molecular weight is 447 g/mol. The average Bonchev–Trinajstić information content (AvgIpc) is 2.85. The molecule has 170 valence electrons. The van der Waals surface area contributed by atoms with E-state index >= 15 is 0 Å². The number of β-lactam (4-membered cyclic amide) rings is 1. The Morgan fingerprint density at radius 1 is 1.12 bits per heavy atom. The number of nitrogens with one attached hydrogen (secondary N) is 1. The van der Waals surface area contributed by atoms with Gasteiger partial charge in [-0.2, -0.15) is 0 Å². The zero-order chi connectivity index (χ0) is 23.4. The number of alkyl carbamates (subject to hydrolysis) is 1. The van der Waals surface area contributed by atoms with Crippen LogP contribution in [0.25, 0.3) is 0 Å². The van der Waals surface area contributed by atoms with E-state index in [1.165, 1.54) is 11.0 Å². The molecule has 1 saturated heterocycles. The Labute approximate surface area is 192 Å². The van der Waals surface area contributed by atoms with Crippen molar-refractivity contribution in [2.45, 2.75) is 38.0 Å². The Hall–Kier alpha value is -3.87. The first-order valence-electron chi connectivity index (χ1n) is 10.9. The molecule has 2 aromatic rings. The van der Waals surface area contributed by atoms with E-state index in [1.807, 2.05) is 67.6 Å². The second-order valence-corrected chi connectivity index (χ2v) is 8.06. The van der Waals surface area contributed by atoms with Crippen LogP contribution in [0.5, 0.6) is 0 Å². The molecule has 2 amide bonds. The summed E-state index contributed by atoms with van der Waals surface area (Å²) in [5.74, 6) is -0.909. The van der Waals surface area contributed by atoms with Crippen LogP contribution in [0.1, 0.15) is 37.0 Å². The number of benzene rings is 2. The van der Waals surface area contributed by atoms with Crippen LogP contribution in [0.3, 0.4) is 0 Å². The molecule has 2 aliphatic rings. The smallest absolute Gasteiger partial charge is 0.408 e. The minimum atomic E-state index is -0.725. The molecule has 2 atom stereocenters. The highest BCUT2D eigenvalue weighted by atomic mass is 16.6. The summed E-state index contributed by atoms with van der Waals surface area (Å²) in [6.07, 6.45) is 1.42. The van der Waals surface area contributed by atoms with Gasteiger partial charge in [0.15, 0.2) is 6.10 Å². The fraction of sp³-hybridized carbons (Fsp3) is 0.269. The molecule has 2 aliphatic heterocycles. The molecule has 0 radical (unpaired) electrons. The van der Waals surface area contributed by atoms with Gasteiger partial charge in [-0.1, -0.05) is 73.3 Å². The maximum Gasteiger partial charge on any atom is 0.408 e. The minimum absolute atomic E-state index is 0.0536. The Morgan fingerprint density at radius 3 is 2.30 bits per heavy atom. The Morgan fingerprint density at radius 2 is 1.73 bits per heavy atom. The van der Waals surface area contributed by atoms with Crippen LogP contribution >= 0.6 is 0 Å². The third-order valence-corrected chi connectivity index (χ3v) is 5.91. The number of fused-ring (bicyclic) bond motifs is 1. The molecule has 0 aliphatic carbocycles. The maximum atomic E-state index is 13.4. The molecule has 7 nitrogen and oxygen atoms in total. The molecule has 1 N–H and O–H groups in total. The highest BCUT2D eigenvalue weighted by Crippen LogP contribution is 2.38. The Balaban J connectivity index is 1.54. The number of ether oxygens (including phenoxy) is 2. The number of nitrogens with zero attached hydrogens (tertiary/aromatic N) is 1. The van der Waals surface area contributed by atoms with E-state index < -0.39 is 24.2 Å². The van der Waals surface area contributed by atoms with Gasteiger partial charge in [-0.3, -0.25) is 9.69 Å². The minimum Gasteiger partial charge on any atom is -0.448 e. The van der Waals surface area contributed by atoms with Crippen molar-refractivity contribution in [3.05, 3.63) is 95.7 Å². The van der Waals surface area contributed by atoms with Crippen molar-refractivity contribution < 1.29 is 23.9 Å². The van der Waals surface area contributed by atoms with E-state index in [0.717, 1.165) is 16.7 Å². The van der Waals surface area contributed by atoms with E-state index in [1.54, 1.807) is 0 Å². The first-order valence-corrected chi connectivity index (χ1v) is 10.9. The van der Waals surface area contributed by atoms with E-state index in [0.29, 0.717) is 12.8 Å². The van der Waals surface area contributed by atoms with Crippen molar-refractivity contribution in [2.24, 2.45) is 0 Å². The molecule has 2 heterocycles. The molecule has 0 unspecified atom stereocenters. The van der Waals surface area contributed by atoms with Crippen LogP contribution in [-0.2, 0) is 19.1 Å². The van der Waals surface area contributed by atoms with Crippen LogP contribution in [0.2, 0.25) is 0 Å². The number of carbonyl (C=O) groups excluding carboxylic acids is 3. The molecular formula is C26H26N2O5. The monoisotopic (exact) mass is 446 g/mol. The summed E-state index contributed by atoms with van der Waals surface area (Å²) in [6, 6.07) is 17.9. The molecule has 0 saturated carbocycles. The van der Waals surface area contributed by atoms with Crippen LogP contribution in [-0.4, -0.2) is 41.6 Å². The van der Waals surface area contributed by atoms with Crippen molar-refractivity contribution in [2.75, 3.05) is 6.61 Å². The van der Waals surface area contributed by atoms with Crippen molar-refractivity contribution in [1.29, 1.82) is 0 Å². The number of hydrogen-bond donors (Lipinski definition) is 1. The van der Waals surface area contributed by atoms with Crippen molar-refractivity contribution in [3.8, 4) is 0 Å². The SMILES string of the molecule is C=CCOC(=O)N[C@H]1C(=O)N2C(C(=O)OC(c3ccccc3)c3ccccc3)=C(C)CC[C@H]12. The molecular weight excluding hydrogens is 420 g/mol. The summed E-state index contributed by atoms with van der Waals surface area (Å²) < 4.78 is 10.9. The summed E-state index contributed by atoms with van der Waals surface area (Å²) in [7, 11) is 0. The summed E-state index contributed by atoms with van der Waals surface area (Å²) >= 11 is 0. The predicted octanol–water partition coefficient (Wildman–Crippen LogP) is 3.88. The number of carbonyl (C=O) groups is 3. The zero-order valence-electron chi connectivity index (χ0n) is 18.4. The van der Waals surface area contributed by atoms with Gasteiger partial charge in [-0.25, -0.2) is 9.59 Å². The molecule has 4 rings (SSSR count). The lowest BCUT2D eigenvalue weighted by molar-refractivity contribution is -0.157. The van der Waals surface area contributed by atoms with Gasteiger partial charge >= 0.3 is 12.1 Å². The molecule has 7 heteroatoms. The van der Waals surface area contributed by atoms with E-state index in [4.69, 9.17) is 9.47 Å².